The van der Waals surface area contributed by atoms with Crippen LogP contribution in [-0.4, -0.2) is 12.1 Å². The Morgan fingerprint density at radius 1 is 1.19 bits per heavy atom. The van der Waals surface area contributed by atoms with Gasteiger partial charge in [0.05, 0.1) is 13.3 Å². The molecule has 0 N–H and O–H groups in total. The van der Waals surface area contributed by atoms with Crippen LogP contribution in [0.3, 0.4) is 0 Å². The molecule has 16 heavy (non-hydrogen) atoms. The molecule has 0 unspecified atom stereocenters. The highest BCUT2D eigenvalue weighted by atomic mass is 19.1. The zero-order chi connectivity index (χ0) is 11.5. The van der Waals surface area contributed by atoms with E-state index in [1.165, 1.54) is 25.4 Å². The summed E-state index contributed by atoms with van der Waals surface area (Å²) in [5.41, 5.74) is 0.964. The summed E-state index contributed by atoms with van der Waals surface area (Å²) >= 11 is 0. The van der Waals surface area contributed by atoms with Gasteiger partial charge in [-0.1, -0.05) is 12.1 Å². The zero-order valence-electron chi connectivity index (χ0n) is 8.58. The highest BCUT2D eigenvalue weighted by Gasteiger charge is 2.11. The van der Waals surface area contributed by atoms with Crippen LogP contribution < -0.4 is 4.74 Å². The number of benzene rings is 1. The summed E-state index contributed by atoms with van der Waals surface area (Å²) in [7, 11) is 1.36. The Kier molecular flexibility index (Phi) is 2.81. The van der Waals surface area contributed by atoms with Crippen molar-refractivity contribution in [3.63, 3.8) is 0 Å². The Morgan fingerprint density at radius 2 is 2.00 bits per heavy atom. The molecule has 0 saturated heterocycles. The van der Waals surface area contributed by atoms with E-state index in [1.807, 2.05) is 0 Å². The van der Waals surface area contributed by atoms with Crippen molar-refractivity contribution in [1.29, 1.82) is 0 Å². The van der Waals surface area contributed by atoms with Gasteiger partial charge in [-0.15, -0.1) is 0 Å². The van der Waals surface area contributed by atoms with E-state index in [0.29, 0.717) is 11.1 Å². The number of aromatic nitrogens is 1. The standard InChI is InChI=1S/C12H9F2NO/c1-16-12-10(6-15-7-11(12)14)8-3-2-4-9(13)5-8/h2-7H,1H3. The molecule has 0 atom stereocenters. The van der Waals surface area contributed by atoms with Crippen molar-refractivity contribution in [1.82, 2.24) is 4.98 Å². The van der Waals surface area contributed by atoms with Gasteiger partial charge in [0.1, 0.15) is 5.82 Å². The van der Waals surface area contributed by atoms with Gasteiger partial charge in [-0.3, -0.25) is 4.98 Å². The lowest BCUT2D eigenvalue weighted by atomic mass is 10.1. The van der Waals surface area contributed by atoms with E-state index < -0.39 is 5.82 Å². The van der Waals surface area contributed by atoms with Crippen LogP contribution in [0.5, 0.6) is 5.75 Å². The molecule has 0 aliphatic rings. The molecule has 0 radical (unpaired) electrons. The number of hydrogen-bond donors (Lipinski definition) is 0. The summed E-state index contributed by atoms with van der Waals surface area (Å²) in [5.74, 6) is -0.881. The molecular weight excluding hydrogens is 212 g/mol. The molecule has 2 aromatic rings. The third-order valence-corrected chi connectivity index (χ3v) is 2.19. The molecule has 0 spiro atoms. The molecule has 0 saturated carbocycles. The highest BCUT2D eigenvalue weighted by Crippen LogP contribution is 2.31. The van der Waals surface area contributed by atoms with Gasteiger partial charge < -0.3 is 4.74 Å². The van der Waals surface area contributed by atoms with Gasteiger partial charge in [0.25, 0.3) is 0 Å². The summed E-state index contributed by atoms with van der Waals surface area (Å²) in [5, 5.41) is 0. The van der Waals surface area contributed by atoms with E-state index in [-0.39, 0.29) is 11.6 Å². The smallest absolute Gasteiger partial charge is 0.183 e. The van der Waals surface area contributed by atoms with Gasteiger partial charge >= 0.3 is 0 Å². The molecule has 4 heteroatoms. The Balaban J connectivity index is 2.60. The van der Waals surface area contributed by atoms with Crippen molar-refractivity contribution >= 4 is 0 Å². The lowest BCUT2D eigenvalue weighted by Crippen LogP contribution is -1.93. The number of ether oxygens (including phenoxy) is 1. The van der Waals surface area contributed by atoms with Crippen LogP contribution in [-0.2, 0) is 0 Å². The third kappa shape index (κ3) is 1.86. The van der Waals surface area contributed by atoms with Crippen molar-refractivity contribution in [2.45, 2.75) is 0 Å². The Hall–Kier alpha value is -1.97. The van der Waals surface area contributed by atoms with Crippen LogP contribution >= 0.6 is 0 Å². The van der Waals surface area contributed by atoms with Crippen LogP contribution in [0.15, 0.2) is 36.7 Å². The first-order valence-electron chi connectivity index (χ1n) is 4.66. The molecule has 0 fully saturated rings. The maximum Gasteiger partial charge on any atom is 0.183 e. The first kappa shape index (κ1) is 10.5. The molecule has 2 rings (SSSR count). The van der Waals surface area contributed by atoms with E-state index >= 15 is 0 Å². The first-order chi connectivity index (χ1) is 7.72. The SMILES string of the molecule is COc1c(F)cncc1-c1cccc(F)c1. The fourth-order valence-corrected chi connectivity index (χ4v) is 1.49. The maximum atomic E-state index is 13.4. The molecule has 1 aromatic heterocycles. The minimum atomic E-state index is -0.565. The molecule has 82 valence electrons. The van der Waals surface area contributed by atoms with Gasteiger partial charge in [-0.25, -0.2) is 8.78 Å². The Labute approximate surface area is 91.5 Å². The predicted molar refractivity (Wildman–Crippen MR) is 56.1 cm³/mol. The van der Waals surface area contributed by atoms with Gasteiger partial charge in [0, 0.05) is 11.8 Å². The molecule has 1 aromatic carbocycles. The average molecular weight is 221 g/mol. The maximum absolute atomic E-state index is 13.4. The van der Waals surface area contributed by atoms with Crippen molar-refractivity contribution in [2.24, 2.45) is 0 Å². The van der Waals surface area contributed by atoms with Crippen molar-refractivity contribution in [3.05, 3.63) is 48.3 Å². The number of pyridine rings is 1. The fraction of sp³-hybridized carbons (Fsp3) is 0.0833. The zero-order valence-corrected chi connectivity index (χ0v) is 8.58. The molecular formula is C12H9F2NO. The van der Waals surface area contributed by atoms with E-state index in [9.17, 15) is 8.78 Å². The van der Waals surface area contributed by atoms with Crippen LogP contribution in [0.2, 0.25) is 0 Å². The molecule has 0 aliphatic heterocycles. The largest absolute Gasteiger partial charge is 0.493 e. The Morgan fingerprint density at radius 3 is 2.69 bits per heavy atom. The average Bonchev–Trinajstić information content (AvgIpc) is 2.28. The second-order valence-corrected chi connectivity index (χ2v) is 3.21. The lowest BCUT2D eigenvalue weighted by Gasteiger charge is -2.08. The van der Waals surface area contributed by atoms with E-state index in [1.54, 1.807) is 12.1 Å². The van der Waals surface area contributed by atoms with E-state index in [0.717, 1.165) is 6.20 Å². The molecule has 1 heterocycles. The Bertz CT molecular complexity index is 514. The molecule has 0 aliphatic carbocycles. The number of halogens is 2. The second kappa shape index (κ2) is 4.26. The van der Waals surface area contributed by atoms with E-state index in [4.69, 9.17) is 4.74 Å². The van der Waals surface area contributed by atoms with Crippen LogP contribution in [0, 0.1) is 11.6 Å². The highest BCUT2D eigenvalue weighted by molar-refractivity contribution is 5.69. The number of hydrogen-bond acceptors (Lipinski definition) is 2. The summed E-state index contributed by atoms with van der Waals surface area (Å²) in [6, 6.07) is 5.85. The monoisotopic (exact) mass is 221 g/mol. The van der Waals surface area contributed by atoms with Crippen LogP contribution in [0.1, 0.15) is 0 Å². The number of rotatable bonds is 2. The summed E-state index contributed by atoms with van der Waals surface area (Å²) in [6.07, 6.45) is 2.50. The molecule has 0 amide bonds. The summed E-state index contributed by atoms with van der Waals surface area (Å²) < 4.78 is 31.3. The van der Waals surface area contributed by atoms with Gasteiger partial charge in [0.2, 0.25) is 0 Å². The fourth-order valence-electron chi connectivity index (χ4n) is 1.49. The third-order valence-electron chi connectivity index (χ3n) is 2.19. The van der Waals surface area contributed by atoms with Gasteiger partial charge in [-0.2, -0.15) is 0 Å². The van der Waals surface area contributed by atoms with Crippen LogP contribution in [0.25, 0.3) is 11.1 Å². The number of methoxy groups -OCH3 is 1. The topological polar surface area (TPSA) is 22.1 Å². The summed E-state index contributed by atoms with van der Waals surface area (Å²) in [4.78, 5) is 3.72. The van der Waals surface area contributed by atoms with Crippen molar-refractivity contribution in [2.75, 3.05) is 7.11 Å². The van der Waals surface area contributed by atoms with Crippen molar-refractivity contribution < 1.29 is 13.5 Å². The van der Waals surface area contributed by atoms with Crippen molar-refractivity contribution in [3.8, 4) is 16.9 Å². The normalized spacial score (nSPS) is 10.2. The van der Waals surface area contributed by atoms with Gasteiger partial charge in [0.15, 0.2) is 11.6 Å². The molecule has 2 nitrogen and oxygen atoms in total. The summed E-state index contributed by atoms with van der Waals surface area (Å²) in [6.45, 7) is 0. The van der Waals surface area contributed by atoms with Gasteiger partial charge in [-0.05, 0) is 17.7 Å². The van der Waals surface area contributed by atoms with Crippen LogP contribution in [0.4, 0.5) is 8.78 Å². The van der Waals surface area contributed by atoms with E-state index in [2.05, 4.69) is 4.98 Å². The predicted octanol–water partition coefficient (Wildman–Crippen LogP) is 3.04. The molecule has 0 bridgehead atoms. The minimum Gasteiger partial charge on any atom is -0.493 e. The first-order valence-corrected chi connectivity index (χ1v) is 4.66. The lowest BCUT2D eigenvalue weighted by molar-refractivity contribution is 0.387. The quantitative estimate of drug-likeness (QED) is 0.777. The minimum absolute atomic E-state index is 0.0700. The number of nitrogens with zero attached hydrogens (tertiary/aromatic N) is 1. The second-order valence-electron chi connectivity index (χ2n) is 3.21.